The predicted molar refractivity (Wildman–Crippen MR) is 83.3 cm³/mol. The normalized spacial score (nSPS) is 12.1. The lowest BCUT2D eigenvalue weighted by molar-refractivity contribution is -0.120. The number of carbonyl (C=O) groups excluding carboxylic acids is 1. The fourth-order valence-corrected chi connectivity index (χ4v) is 2.09. The van der Waals surface area contributed by atoms with Gasteiger partial charge in [0.05, 0.1) is 11.9 Å². The lowest BCUT2D eigenvalue weighted by Crippen LogP contribution is -2.28. The van der Waals surface area contributed by atoms with Crippen molar-refractivity contribution >= 4 is 5.91 Å². The highest BCUT2D eigenvalue weighted by atomic mass is 16.1. The molecule has 1 atom stereocenters. The van der Waals surface area contributed by atoms with Crippen LogP contribution in [0.25, 0.3) is 5.69 Å². The number of hydrogen-bond donors (Lipinski definition) is 2. The first-order chi connectivity index (χ1) is 10.2. The Balaban J connectivity index is 1.88. The molecule has 2 N–H and O–H groups in total. The molecule has 2 aromatic rings. The molecule has 2 rings (SSSR count). The predicted octanol–water partition coefficient (Wildman–Crippen LogP) is 2.05. The first kappa shape index (κ1) is 15.3. The molecule has 21 heavy (non-hydrogen) atoms. The van der Waals surface area contributed by atoms with E-state index in [1.54, 1.807) is 0 Å². The highest BCUT2D eigenvalue weighted by molar-refractivity contribution is 5.75. The summed E-state index contributed by atoms with van der Waals surface area (Å²) in [5.74, 6) is 0.0807. The van der Waals surface area contributed by atoms with Crippen LogP contribution in [0.5, 0.6) is 0 Å². The Hall–Kier alpha value is -2.14. The van der Waals surface area contributed by atoms with E-state index in [2.05, 4.69) is 22.7 Å². The second-order valence-electron chi connectivity index (χ2n) is 4.93. The summed E-state index contributed by atoms with van der Waals surface area (Å²) in [4.78, 5) is 11.4. The lowest BCUT2D eigenvalue weighted by atomic mass is 10.2. The Bertz CT molecular complexity index is 565. The van der Waals surface area contributed by atoms with Gasteiger partial charge in [-0.25, -0.2) is 4.68 Å². The molecule has 1 aromatic heterocycles. The quantitative estimate of drug-likeness (QED) is 0.819. The van der Waals surface area contributed by atoms with Crippen LogP contribution in [0.4, 0.5) is 0 Å². The number of amides is 1. The molecule has 1 heterocycles. The minimum absolute atomic E-state index is 0.0807. The molecule has 0 aliphatic carbocycles. The average molecular weight is 286 g/mol. The van der Waals surface area contributed by atoms with Gasteiger partial charge in [0.25, 0.3) is 0 Å². The molecule has 0 saturated heterocycles. The number of carbonyl (C=O) groups is 1. The zero-order valence-corrected chi connectivity index (χ0v) is 12.5. The number of para-hydroxylation sites is 1. The zero-order valence-electron chi connectivity index (χ0n) is 12.5. The van der Waals surface area contributed by atoms with E-state index in [0.29, 0.717) is 19.5 Å². The van der Waals surface area contributed by atoms with E-state index in [0.717, 1.165) is 11.3 Å². The Morgan fingerprint density at radius 2 is 2.10 bits per heavy atom. The number of nitrogens with zero attached hydrogens (tertiary/aromatic N) is 2. The van der Waals surface area contributed by atoms with Crippen molar-refractivity contribution in [3.63, 3.8) is 0 Å². The summed E-state index contributed by atoms with van der Waals surface area (Å²) in [6.45, 7) is 5.33. The third-order valence-electron chi connectivity index (χ3n) is 3.30. The number of benzene rings is 1. The van der Waals surface area contributed by atoms with Crippen molar-refractivity contribution in [1.29, 1.82) is 0 Å². The molecule has 0 aliphatic rings. The highest BCUT2D eigenvalue weighted by Gasteiger charge is 2.09. The monoisotopic (exact) mass is 286 g/mol. The van der Waals surface area contributed by atoms with Crippen molar-refractivity contribution in [2.24, 2.45) is 0 Å². The van der Waals surface area contributed by atoms with E-state index in [-0.39, 0.29) is 11.9 Å². The number of nitrogens with one attached hydrogen (secondary N) is 2. The van der Waals surface area contributed by atoms with E-state index in [1.807, 2.05) is 54.3 Å². The van der Waals surface area contributed by atoms with E-state index >= 15 is 0 Å². The first-order valence-electron chi connectivity index (χ1n) is 7.30. The molecular formula is C16H22N4O. The third-order valence-corrected chi connectivity index (χ3v) is 3.30. The summed E-state index contributed by atoms with van der Waals surface area (Å²) in [5, 5.41) is 10.5. The van der Waals surface area contributed by atoms with Crippen molar-refractivity contribution in [1.82, 2.24) is 20.4 Å². The van der Waals surface area contributed by atoms with Crippen LogP contribution in [0.15, 0.2) is 42.7 Å². The summed E-state index contributed by atoms with van der Waals surface area (Å²) in [6, 6.07) is 10.2. The fraction of sp³-hybridized carbons (Fsp3) is 0.375. The molecule has 0 radical (unpaired) electrons. The zero-order chi connectivity index (χ0) is 15.1. The standard InChI is InChI=1S/C16H22N4O/c1-3-17-16(21)9-10-18-13(2)14-11-19-20(12-14)15-7-5-4-6-8-15/h4-8,11-13,18H,3,9-10H2,1-2H3,(H,17,21). The number of rotatable bonds is 7. The smallest absolute Gasteiger partial charge is 0.221 e. The van der Waals surface area contributed by atoms with Crippen molar-refractivity contribution in [3.05, 3.63) is 48.3 Å². The molecule has 1 aromatic carbocycles. The van der Waals surface area contributed by atoms with Crippen LogP contribution in [-0.2, 0) is 4.79 Å². The topological polar surface area (TPSA) is 59.0 Å². The van der Waals surface area contributed by atoms with Gasteiger partial charge < -0.3 is 10.6 Å². The van der Waals surface area contributed by atoms with Crippen LogP contribution in [0.3, 0.4) is 0 Å². The molecule has 5 nitrogen and oxygen atoms in total. The second-order valence-corrected chi connectivity index (χ2v) is 4.93. The molecule has 0 fully saturated rings. The third kappa shape index (κ3) is 4.43. The summed E-state index contributed by atoms with van der Waals surface area (Å²) in [7, 11) is 0. The van der Waals surface area contributed by atoms with E-state index in [4.69, 9.17) is 0 Å². The lowest BCUT2D eigenvalue weighted by Gasteiger charge is -2.11. The van der Waals surface area contributed by atoms with Gasteiger partial charge in [0.15, 0.2) is 0 Å². The maximum absolute atomic E-state index is 11.4. The van der Waals surface area contributed by atoms with E-state index in [9.17, 15) is 4.79 Å². The molecule has 1 amide bonds. The molecule has 0 bridgehead atoms. The largest absolute Gasteiger partial charge is 0.356 e. The minimum atomic E-state index is 0.0807. The van der Waals surface area contributed by atoms with Crippen LogP contribution in [0.2, 0.25) is 0 Å². The minimum Gasteiger partial charge on any atom is -0.356 e. The van der Waals surface area contributed by atoms with E-state index in [1.165, 1.54) is 0 Å². The van der Waals surface area contributed by atoms with Crippen LogP contribution >= 0.6 is 0 Å². The van der Waals surface area contributed by atoms with Gasteiger partial charge in [0, 0.05) is 37.3 Å². The first-order valence-corrected chi connectivity index (χ1v) is 7.30. The Kier molecular flexibility index (Phi) is 5.51. The summed E-state index contributed by atoms with van der Waals surface area (Å²) in [6.07, 6.45) is 4.36. The van der Waals surface area contributed by atoms with Crippen molar-refractivity contribution < 1.29 is 4.79 Å². The van der Waals surface area contributed by atoms with Crippen LogP contribution in [0, 0.1) is 0 Å². The number of aromatic nitrogens is 2. The molecular weight excluding hydrogens is 264 g/mol. The van der Waals surface area contributed by atoms with Crippen LogP contribution < -0.4 is 10.6 Å². The van der Waals surface area contributed by atoms with Gasteiger partial charge in [-0.15, -0.1) is 0 Å². The van der Waals surface area contributed by atoms with Gasteiger partial charge in [-0.3, -0.25) is 4.79 Å². The van der Waals surface area contributed by atoms with Gasteiger partial charge in [-0.1, -0.05) is 18.2 Å². The molecule has 0 saturated carbocycles. The molecule has 0 aliphatic heterocycles. The van der Waals surface area contributed by atoms with Crippen molar-refractivity contribution in [2.75, 3.05) is 13.1 Å². The van der Waals surface area contributed by atoms with Gasteiger partial charge >= 0.3 is 0 Å². The second kappa shape index (κ2) is 7.59. The van der Waals surface area contributed by atoms with Crippen molar-refractivity contribution in [2.45, 2.75) is 26.3 Å². The summed E-state index contributed by atoms with van der Waals surface area (Å²) < 4.78 is 1.86. The molecule has 112 valence electrons. The average Bonchev–Trinajstić information content (AvgIpc) is 2.98. The summed E-state index contributed by atoms with van der Waals surface area (Å²) >= 11 is 0. The highest BCUT2D eigenvalue weighted by Crippen LogP contribution is 2.14. The van der Waals surface area contributed by atoms with E-state index < -0.39 is 0 Å². The molecule has 1 unspecified atom stereocenters. The number of hydrogen-bond acceptors (Lipinski definition) is 3. The Labute approximate surface area is 125 Å². The van der Waals surface area contributed by atoms with Gasteiger partial charge in [-0.05, 0) is 26.0 Å². The maximum Gasteiger partial charge on any atom is 0.221 e. The fourth-order valence-electron chi connectivity index (χ4n) is 2.09. The van der Waals surface area contributed by atoms with Crippen molar-refractivity contribution in [3.8, 4) is 5.69 Å². The van der Waals surface area contributed by atoms with Gasteiger partial charge in [-0.2, -0.15) is 5.10 Å². The Morgan fingerprint density at radius 3 is 2.81 bits per heavy atom. The SMILES string of the molecule is CCNC(=O)CCNC(C)c1cnn(-c2ccccc2)c1. The van der Waals surface area contributed by atoms with Crippen LogP contribution in [-0.4, -0.2) is 28.8 Å². The molecule has 5 heteroatoms. The van der Waals surface area contributed by atoms with Gasteiger partial charge in [0.2, 0.25) is 5.91 Å². The Morgan fingerprint density at radius 1 is 1.33 bits per heavy atom. The maximum atomic E-state index is 11.4. The van der Waals surface area contributed by atoms with Gasteiger partial charge in [0.1, 0.15) is 0 Å². The van der Waals surface area contributed by atoms with Crippen LogP contribution in [0.1, 0.15) is 31.9 Å². The summed E-state index contributed by atoms with van der Waals surface area (Å²) in [5.41, 5.74) is 2.15. The molecule has 0 spiro atoms.